The quantitative estimate of drug-likeness (QED) is 0.877. The smallest absolute Gasteiger partial charge is 0.338 e. The number of carbonyl (C=O) groups is 1. The molecule has 0 spiro atoms. The van der Waals surface area contributed by atoms with Gasteiger partial charge in [0.2, 0.25) is 5.91 Å². The van der Waals surface area contributed by atoms with Crippen molar-refractivity contribution in [1.82, 2.24) is 15.1 Å². The van der Waals surface area contributed by atoms with E-state index in [4.69, 9.17) is 0 Å². The van der Waals surface area contributed by atoms with Gasteiger partial charge in [-0.3, -0.25) is 9.48 Å². The molecule has 0 saturated heterocycles. The predicted molar refractivity (Wildman–Crippen MR) is 74.9 cm³/mol. The fourth-order valence-corrected chi connectivity index (χ4v) is 2.16. The number of hydrogen-bond donors (Lipinski definition) is 1. The van der Waals surface area contributed by atoms with Gasteiger partial charge < -0.3 is 5.32 Å². The number of nitrogens with one attached hydrogen (secondary N) is 1. The molecule has 4 nitrogen and oxygen atoms in total. The summed E-state index contributed by atoms with van der Waals surface area (Å²) >= 11 is 0. The Kier molecular flexibility index (Phi) is 4.44. The van der Waals surface area contributed by atoms with Crippen molar-refractivity contribution in [2.24, 2.45) is 7.05 Å². The van der Waals surface area contributed by atoms with E-state index < -0.39 is 23.4 Å². The van der Waals surface area contributed by atoms with Crippen LogP contribution in [0.2, 0.25) is 0 Å². The lowest BCUT2D eigenvalue weighted by molar-refractivity contribution is -0.197. The summed E-state index contributed by atoms with van der Waals surface area (Å²) in [6.07, 6.45) is -2.03. The molecule has 0 aliphatic rings. The molecule has 1 unspecified atom stereocenters. The lowest BCUT2D eigenvalue weighted by Gasteiger charge is -2.33. The molecule has 0 bridgehead atoms. The minimum Gasteiger partial charge on any atom is -0.338 e. The second-order valence-corrected chi connectivity index (χ2v) is 5.38. The Labute approximate surface area is 130 Å². The molecule has 2 rings (SSSR count). The third-order valence-corrected chi connectivity index (χ3v) is 3.50. The van der Waals surface area contributed by atoms with Crippen LogP contribution in [0.4, 0.5) is 17.6 Å². The Morgan fingerprint density at radius 2 is 1.87 bits per heavy atom. The molecule has 1 amide bonds. The monoisotopic (exact) mass is 329 g/mol. The molecular weight excluding hydrogens is 314 g/mol. The zero-order valence-electron chi connectivity index (χ0n) is 12.5. The highest BCUT2D eigenvalue weighted by molar-refractivity contribution is 5.79. The van der Waals surface area contributed by atoms with Gasteiger partial charge in [0.15, 0.2) is 5.54 Å². The Balaban J connectivity index is 2.25. The SMILES string of the molecule is Cn1cc(CC(=O)NC(C)(c2ccc(F)cc2)C(F)(F)F)cn1. The first-order valence-electron chi connectivity index (χ1n) is 6.73. The number of hydrogen-bond acceptors (Lipinski definition) is 2. The van der Waals surface area contributed by atoms with E-state index >= 15 is 0 Å². The van der Waals surface area contributed by atoms with E-state index in [1.807, 2.05) is 5.32 Å². The van der Waals surface area contributed by atoms with Crippen LogP contribution in [0.25, 0.3) is 0 Å². The molecule has 0 aliphatic carbocycles. The lowest BCUT2D eigenvalue weighted by atomic mass is 9.90. The first-order valence-corrected chi connectivity index (χ1v) is 6.73. The Morgan fingerprint density at radius 1 is 1.26 bits per heavy atom. The summed E-state index contributed by atoms with van der Waals surface area (Å²) in [5.74, 6) is -1.46. The highest BCUT2D eigenvalue weighted by Crippen LogP contribution is 2.38. The van der Waals surface area contributed by atoms with Crippen molar-refractivity contribution in [2.45, 2.75) is 25.1 Å². The highest BCUT2D eigenvalue weighted by Gasteiger charge is 2.53. The van der Waals surface area contributed by atoms with Crippen LogP contribution in [0, 0.1) is 5.82 Å². The van der Waals surface area contributed by atoms with Gasteiger partial charge in [0.25, 0.3) is 0 Å². The fraction of sp³-hybridized carbons (Fsp3) is 0.333. The van der Waals surface area contributed by atoms with Gasteiger partial charge in [0.1, 0.15) is 5.82 Å². The molecular formula is C15H15F4N3O. The van der Waals surface area contributed by atoms with Gasteiger partial charge in [-0.1, -0.05) is 12.1 Å². The molecule has 1 aromatic heterocycles. The molecule has 1 heterocycles. The number of alkyl halides is 3. The lowest BCUT2D eigenvalue weighted by Crippen LogP contribution is -2.54. The van der Waals surface area contributed by atoms with Crippen molar-refractivity contribution < 1.29 is 22.4 Å². The van der Waals surface area contributed by atoms with Crippen molar-refractivity contribution in [2.75, 3.05) is 0 Å². The van der Waals surface area contributed by atoms with Crippen LogP contribution in [0.3, 0.4) is 0 Å². The molecule has 2 aromatic rings. The van der Waals surface area contributed by atoms with Gasteiger partial charge in [-0.2, -0.15) is 18.3 Å². The molecule has 1 atom stereocenters. The molecule has 124 valence electrons. The van der Waals surface area contributed by atoms with Crippen LogP contribution < -0.4 is 5.32 Å². The zero-order chi connectivity index (χ0) is 17.3. The molecule has 0 radical (unpaired) electrons. The number of nitrogens with zero attached hydrogens (tertiary/aromatic N) is 2. The molecule has 0 aliphatic heterocycles. The molecule has 1 N–H and O–H groups in total. The second-order valence-electron chi connectivity index (χ2n) is 5.38. The van der Waals surface area contributed by atoms with E-state index in [0.717, 1.165) is 31.2 Å². The standard InChI is InChI=1S/C15H15F4N3O/c1-14(15(17,18)19,11-3-5-12(16)6-4-11)21-13(23)7-10-8-20-22(2)9-10/h3-6,8-9H,7H2,1-2H3,(H,21,23). The summed E-state index contributed by atoms with van der Waals surface area (Å²) < 4.78 is 54.8. The van der Waals surface area contributed by atoms with Gasteiger partial charge in [-0.05, 0) is 30.2 Å². The van der Waals surface area contributed by atoms with Crippen LogP contribution >= 0.6 is 0 Å². The van der Waals surface area contributed by atoms with Gasteiger partial charge in [-0.25, -0.2) is 4.39 Å². The summed E-state index contributed by atoms with van der Waals surface area (Å²) in [5, 5.41) is 5.86. The summed E-state index contributed by atoms with van der Waals surface area (Å²) in [5.41, 5.74) is -2.36. The van der Waals surface area contributed by atoms with Crippen molar-refractivity contribution in [1.29, 1.82) is 0 Å². The number of rotatable bonds is 4. The van der Waals surface area contributed by atoms with Crippen molar-refractivity contribution in [3.05, 3.63) is 53.6 Å². The van der Waals surface area contributed by atoms with Crippen LogP contribution in [0.5, 0.6) is 0 Å². The number of amides is 1. The molecule has 8 heteroatoms. The summed E-state index contributed by atoms with van der Waals surface area (Å²) in [6.45, 7) is 0.849. The second kappa shape index (κ2) is 6.02. The van der Waals surface area contributed by atoms with E-state index in [0.29, 0.717) is 5.56 Å². The van der Waals surface area contributed by atoms with Crippen LogP contribution in [0.15, 0.2) is 36.7 Å². The number of aromatic nitrogens is 2. The largest absolute Gasteiger partial charge is 0.415 e. The molecule has 1 aromatic carbocycles. The maximum Gasteiger partial charge on any atom is 0.415 e. The molecule has 0 saturated carbocycles. The van der Waals surface area contributed by atoms with E-state index in [2.05, 4.69) is 5.10 Å². The number of halogens is 4. The molecule has 0 fully saturated rings. The number of benzene rings is 1. The van der Waals surface area contributed by atoms with Crippen molar-refractivity contribution in [3.8, 4) is 0 Å². The van der Waals surface area contributed by atoms with E-state index in [-0.39, 0.29) is 12.0 Å². The Morgan fingerprint density at radius 3 is 2.35 bits per heavy atom. The summed E-state index contributed by atoms with van der Waals surface area (Å²) in [6, 6.07) is 3.86. The summed E-state index contributed by atoms with van der Waals surface area (Å²) in [4.78, 5) is 12.0. The fourth-order valence-electron chi connectivity index (χ4n) is 2.16. The van der Waals surface area contributed by atoms with Crippen LogP contribution in [-0.4, -0.2) is 21.9 Å². The van der Waals surface area contributed by atoms with Crippen LogP contribution in [0.1, 0.15) is 18.1 Å². The topological polar surface area (TPSA) is 46.9 Å². The van der Waals surface area contributed by atoms with Gasteiger partial charge in [-0.15, -0.1) is 0 Å². The third-order valence-electron chi connectivity index (χ3n) is 3.50. The number of aryl methyl sites for hydroxylation is 1. The van der Waals surface area contributed by atoms with Crippen molar-refractivity contribution in [3.63, 3.8) is 0 Å². The normalized spacial score (nSPS) is 14.3. The Bertz CT molecular complexity index is 693. The van der Waals surface area contributed by atoms with Crippen LogP contribution in [-0.2, 0) is 23.8 Å². The van der Waals surface area contributed by atoms with E-state index in [1.54, 1.807) is 13.2 Å². The molecule has 23 heavy (non-hydrogen) atoms. The van der Waals surface area contributed by atoms with E-state index in [9.17, 15) is 22.4 Å². The number of carbonyl (C=O) groups excluding carboxylic acids is 1. The van der Waals surface area contributed by atoms with Gasteiger partial charge >= 0.3 is 6.18 Å². The average Bonchev–Trinajstić information content (AvgIpc) is 2.83. The van der Waals surface area contributed by atoms with Gasteiger partial charge in [0.05, 0.1) is 12.6 Å². The maximum atomic E-state index is 13.5. The minimum atomic E-state index is -4.74. The minimum absolute atomic E-state index is 0.235. The maximum absolute atomic E-state index is 13.5. The first-order chi connectivity index (χ1) is 10.6. The highest BCUT2D eigenvalue weighted by atomic mass is 19.4. The predicted octanol–water partition coefficient (Wildman–Crippen LogP) is 2.70. The van der Waals surface area contributed by atoms with E-state index in [1.165, 1.54) is 10.9 Å². The van der Waals surface area contributed by atoms with Gasteiger partial charge in [0, 0.05) is 13.2 Å². The Hall–Kier alpha value is -2.38. The summed E-state index contributed by atoms with van der Waals surface area (Å²) in [7, 11) is 1.64. The average molecular weight is 329 g/mol. The van der Waals surface area contributed by atoms with Crippen molar-refractivity contribution >= 4 is 5.91 Å². The zero-order valence-corrected chi connectivity index (χ0v) is 12.5. The third kappa shape index (κ3) is 3.69. The first kappa shape index (κ1) is 17.0.